The number of carbonyl (C=O) groups excluding carboxylic acids is 3. The summed E-state index contributed by atoms with van der Waals surface area (Å²) in [7, 11) is 0. The van der Waals surface area contributed by atoms with Crippen LogP contribution in [0.2, 0.25) is 0 Å². The van der Waals surface area contributed by atoms with Crippen molar-refractivity contribution >= 4 is 35.2 Å². The molecule has 4 heterocycles. The standard InChI is InChI=1S/C37H37N3O4S/c1-36-19-11-22-39(28-17-9-4-10-18-28)33(42)30(36)31-34(43)40(29(25-41)23-26-13-5-2-6-14-26)32-35(44)38(21-12-20-37(31,32)45-36)24-27-15-7-3-8-16-27/h2-20,29-32,41H,21-25H2,1H3/t29-,30-,31+,32?,36+,37+/m1/s1. The number of aliphatic hydroxyl groups is 1. The number of nitrogens with zero attached hydrogens (tertiary/aromatic N) is 3. The minimum atomic E-state index is -0.983. The molecule has 4 aliphatic rings. The zero-order valence-corrected chi connectivity index (χ0v) is 26.1. The number of rotatable bonds is 7. The molecule has 7 rings (SSSR count). The van der Waals surface area contributed by atoms with Gasteiger partial charge in [0.15, 0.2) is 0 Å². The number of amides is 3. The largest absolute Gasteiger partial charge is 0.394 e. The van der Waals surface area contributed by atoms with Gasteiger partial charge in [0, 0.05) is 30.1 Å². The molecule has 0 aromatic heterocycles. The van der Waals surface area contributed by atoms with Crippen LogP contribution in [-0.4, -0.2) is 73.9 Å². The molecule has 3 aromatic rings. The van der Waals surface area contributed by atoms with E-state index in [0.29, 0.717) is 26.1 Å². The highest BCUT2D eigenvalue weighted by atomic mass is 32.2. The van der Waals surface area contributed by atoms with Gasteiger partial charge in [0.1, 0.15) is 6.04 Å². The lowest BCUT2D eigenvalue weighted by atomic mass is 9.74. The van der Waals surface area contributed by atoms with Gasteiger partial charge in [-0.25, -0.2) is 0 Å². The topological polar surface area (TPSA) is 81.2 Å². The molecule has 0 aliphatic carbocycles. The molecule has 0 bridgehead atoms. The average molecular weight is 620 g/mol. The van der Waals surface area contributed by atoms with Gasteiger partial charge in [0.25, 0.3) is 0 Å². The van der Waals surface area contributed by atoms with Crippen molar-refractivity contribution in [3.05, 3.63) is 126 Å². The van der Waals surface area contributed by atoms with Crippen LogP contribution in [0.15, 0.2) is 115 Å². The normalized spacial score (nSPS) is 29.7. The van der Waals surface area contributed by atoms with E-state index in [1.807, 2.05) is 116 Å². The molecule has 7 nitrogen and oxygen atoms in total. The molecule has 3 amide bonds. The maximum Gasteiger partial charge on any atom is 0.247 e. The number of likely N-dealkylation sites (tertiary alicyclic amines) is 1. The van der Waals surface area contributed by atoms with Crippen molar-refractivity contribution in [2.24, 2.45) is 11.8 Å². The highest BCUT2D eigenvalue weighted by Gasteiger charge is 2.74. The SMILES string of the molecule is C[C@]12C=CCN(c3ccccc3)C(=O)[C@H]1[C@H]1C(=O)N([C@@H](CO)Cc3ccccc3)C3C(=O)N(Cc4ccccc4)CC=C[C@@]31S2. The molecule has 45 heavy (non-hydrogen) atoms. The Kier molecular flexibility index (Phi) is 7.66. The zero-order chi connectivity index (χ0) is 31.2. The number of fused-ring (bicyclic) bond motifs is 2. The van der Waals surface area contributed by atoms with Gasteiger partial charge in [-0.3, -0.25) is 14.4 Å². The summed E-state index contributed by atoms with van der Waals surface area (Å²) in [5.41, 5.74) is 2.74. The van der Waals surface area contributed by atoms with Crippen LogP contribution in [0.1, 0.15) is 18.1 Å². The van der Waals surface area contributed by atoms with Gasteiger partial charge in [0.2, 0.25) is 17.7 Å². The molecule has 8 heteroatoms. The Labute approximate surface area is 268 Å². The van der Waals surface area contributed by atoms with Gasteiger partial charge in [-0.05, 0) is 36.6 Å². The second-order valence-electron chi connectivity index (χ2n) is 12.6. The van der Waals surface area contributed by atoms with Gasteiger partial charge < -0.3 is 19.8 Å². The summed E-state index contributed by atoms with van der Waals surface area (Å²) in [4.78, 5) is 49.6. The van der Waals surface area contributed by atoms with Gasteiger partial charge in [-0.2, -0.15) is 0 Å². The number of aliphatic hydroxyl groups excluding tert-OH is 1. The van der Waals surface area contributed by atoms with E-state index in [2.05, 4.69) is 6.08 Å². The average Bonchev–Trinajstić information content (AvgIpc) is 3.34. The zero-order valence-electron chi connectivity index (χ0n) is 25.2. The molecule has 3 aromatic carbocycles. The smallest absolute Gasteiger partial charge is 0.247 e. The lowest BCUT2D eigenvalue weighted by Crippen LogP contribution is -2.57. The van der Waals surface area contributed by atoms with Crippen LogP contribution in [0.3, 0.4) is 0 Å². The molecule has 1 N–H and O–H groups in total. The van der Waals surface area contributed by atoms with Crippen molar-refractivity contribution in [2.45, 2.75) is 41.5 Å². The second kappa shape index (κ2) is 11.7. The summed E-state index contributed by atoms with van der Waals surface area (Å²) in [6, 6.07) is 27.6. The Morgan fingerprint density at radius 3 is 2.07 bits per heavy atom. The predicted octanol–water partition coefficient (Wildman–Crippen LogP) is 4.48. The molecule has 0 radical (unpaired) electrons. The van der Waals surface area contributed by atoms with Crippen molar-refractivity contribution in [3.63, 3.8) is 0 Å². The van der Waals surface area contributed by atoms with Crippen LogP contribution < -0.4 is 4.90 Å². The Bertz CT molecular complexity index is 1650. The van der Waals surface area contributed by atoms with Crippen LogP contribution in [0, 0.1) is 11.8 Å². The third kappa shape index (κ3) is 4.91. The summed E-state index contributed by atoms with van der Waals surface area (Å²) in [5, 5.41) is 10.8. The first-order valence-electron chi connectivity index (χ1n) is 15.6. The number of anilines is 1. The molecular formula is C37H37N3O4S. The van der Waals surface area contributed by atoms with Gasteiger partial charge >= 0.3 is 0 Å². The molecule has 6 atom stereocenters. The van der Waals surface area contributed by atoms with E-state index in [-0.39, 0.29) is 24.3 Å². The quantitative estimate of drug-likeness (QED) is 0.395. The number of benzene rings is 3. The minimum Gasteiger partial charge on any atom is -0.394 e. The van der Waals surface area contributed by atoms with Crippen LogP contribution >= 0.6 is 11.8 Å². The highest BCUT2D eigenvalue weighted by Crippen LogP contribution is 2.66. The molecule has 4 aliphatic heterocycles. The van der Waals surface area contributed by atoms with Crippen LogP contribution in [0.4, 0.5) is 5.69 Å². The Morgan fingerprint density at radius 2 is 1.40 bits per heavy atom. The summed E-state index contributed by atoms with van der Waals surface area (Å²) in [6.07, 6.45) is 8.53. The second-order valence-corrected chi connectivity index (χ2v) is 14.4. The maximum atomic E-state index is 15.0. The van der Waals surface area contributed by atoms with E-state index in [1.54, 1.807) is 26.5 Å². The Morgan fingerprint density at radius 1 is 0.778 bits per heavy atom. The molecular weight excluding hydrogens is 582 g/mol. The minimum absolute atomic E-state index is 0.119. The molecule has 2 saturated heterocycles. The Balaban J connectivity index is 1.34. The number of thioether (sulfide) groups is 1. The van der Waals surface area contributed by atoms with E-state index in [4.69, 9.17) is 0 Å². The van der Waals surface area contributed by atoms with E-state index in [0.717, 1.165) is 16.8 Å². The number of hydrogen-bond acceptors (Lipinski definition) is 5. The molecule has 0 saturated carbocycles. The number of hydrogen-bond donors (Lipinski definition) is 1. The van der Waals surface area contributed by atoms with E-state index >= 15 is 0 Å². The van der Waals surface area contributed by atoms with Crippen LogP contribution in [-0.2, 0) is 27.3 Å². The van der Waals surface area contributed by atoms with Crippen molar-refractivity contribution in [2.75, 3.05) is 24.6 Å². The number of carbonyl (C=O) groups is 3. The van der Waals surface area contributed by atoms with Crippen molar-refractivity contribution in [1.29, 1.82) is 0 Å². The molecule has 230 valence electrons. The summed E-state index contributed by atoms with van der Waals surface area (Å²) in [5.74, 6) is -1.99. The fraction of sp³-hybridized carbons (Fsp3) is 0.324. The van der Waals surface area contributed by atoms with Crippen molar-refractivity contribution < 1.29 is 19.5 Å². The van der Waals surface area contributed by atoms with Gasteiger partial charge in [-0.1, -0.05) is 103 Å². The van der Waals surface area contributed by atoms with Gasteiger partial charge in [0.05, 0.1) is 29.2 Å². The molecule has 2 fully saturated rings. The summed E-state index contributed by atoms with van der Waals surface area (Å²) >= 11 is 1.57. The Hall–Kier alpha value is -4.14. The fourth-order valence-corrected chi connectivity index (χ4v) is 9.97. The number of para-hydroxylation sites is 1. The van der Waals surface area contributed by atoms with Crippen LogP contribution in [0.5, 0.6) is 0 Å². The van der Waals surface area contributed by atoms with Crippen molar-refractivity contribution in [3.8, 4) is 0 Å². The van der Waals surface area contributed by atoms with E-state index in [9.17, 15) is 19.5 Å². The fourth-order valence-electron chi connectivity index (χ4n) is 7.82. The highest BCUT2D eigenvalue weighted by molar-refractivity contribution is 8.02. The lowest BCUT2D eigenvalue weighted by Gasteiger charge is -2.40. The third-order valence-corrected chi connectivity index (χ3v) is 11.6. The lowest BCUT2D eigenvalue weighted by molar-refractivity contribution is -0.146. The molecule has 1 spiro atoms. The summed E-state index contributed by atoms with van der Waals surface area (Å²) < 4.78 is -1.69. The van der Waals surface area contributed by atoms with Crippen molar-refractivity contribution in [1.82, 2.24) is 9.80 Å². The summed E-state index contributed by atoms with van der Waals surface area (Å²) in [6.45, 7) is 2.93. The first kappa shape index (κ1) is 29.6. The first-order chi connectivity index (χ1) is 21.9. The third-order valence-electron chi connectivity index (χ3n) is 9.78. The van der Waals surface area contributed by atoms with Gasteiger partial charge in [-0.15, -0.1) is 11.8 Å². The molecule has 1 unspecified atom stereocenters. The van der Waals surface area contributed by atoms with Crippen LogP contribution in [0.25, 0.3) is 0 Å². The maximum absolute atomic E-state index is 15.0. The predicted molar refractivity (Wildman–Crippen MR) is 176 cm³/mol. The first-order valence-corrected chi connectivity index (χ1v) is 16.4. The van der Waals surface area contributed by atoms with E-state index in [1.165, 1.54) is 0 Å². The monoisotopic (exact) mass is 619 g/mol. The van der Waals surface area contributed by atoms with E-state index < -0.39 is 33.4 Å².